The van der Waals surface area contributed by atoms with E-state index in [2.05, 4.69) is 6.92 Å². The van der Waals surface area contributed by atoms with E-state index in [9.17, 15) is 9.18 Å². The van der Waals surface area contributed by atoms with Crippen LogP contribution in [0.5, 0.6) is 0 Å². The van der Waals surface area contributed by atoms with Crippen molar-refractivity contribution in [2.75, 3.05) is 12.1 Å². The lowest BCUT2D eigenvalue weighted by Gasteiger charge is -2.36. The summed E-state index contributed by atoms with van der Waals surface area (Å²) in [7, 11) is 1.39. The number of ether oxygens (including phenoxy) is 1. The first kappa shape index (κ1) is 20.3. The van der Waals surface area contributed by atoms with Gasteiger partial charge in [-0.15, -0.1) is 0 Å². The molecule has 2 aromatic carbocycles. The molecule has 148 valence electrons. The minimum absolute atomic E-state index is 0.193. The highest BCUT2D eigenvalue weighted by molar-refractivity contribution is 6.30. The number of hydrogen-bond donors (Lipinski definition) is 0. The van der Waals surface area contributed by atoms with Gasteiger partial charge in [0.2, 0.25) is 0 Å². The summed E-state index contributed by atoms with van der Waals surface area (Å²) >= 11 is 6.03. The van der Waals surface area contributed by atoms with Crippen molar-refractivity contribution in [3.8, 4) is 0 Å². The molecule has 0 bridgehead atoms. The van der Waals surface area contributed by atoms with E-state index < -0.39 is 5.54 Å². The molecule has 3 rings (SSSR count). The monoisotopic (exact) mass is 402 g/mol. The fraction of sp³-hybridized carbons (Fsp3) is 0.364. The number of halogens is 2. The second-order valence-electron chi connectivity index (χ2n) is 7.11. The SMILES string of the molecule is CCCCC1C(c2ccc(F)cc2)=NN(c2ccc(Cl)cc2)C1(C)C(=O)OC. The molecule has 1 aliphatic heterocycles. The van der Waals surface area contributed by atoms with E-state index >= 15 is 0 Å². The van der Waals surface area contributed by atoms with Gasteiger partial charge < -0.3 is 4.74 Å². The number of carbonyl (C=O) groups is 1. The van der Waals surface area contributed by atoms with Crippen LogP contribution in [-0.4, -0.2) is 24.3 Å². The van der Waals surface area contributed by atoms with E-state index in [-0.39, 0.29) is 17.7 Å². The molecule has 28 heavy (non-hydrogen) atoms. The summed E-state index contributed by atoms with van der Waals surface area (Å²) in [6.45, 7) is 3.96. The Morgan fingerprint density at radius 2 is 1.86 bits per heavy atom. The Morgan fingerprint density at radius 1 is 1.21 bits per heavy atom. The predicted octanol–water partition coefficient (Wildman–Crippen LogP) is 5.44. The van der Waals surface area contributed by atoms with E-state index in [0.29, 0.717) is 5.02 Å². The maximum Gasteiger partial charge on any atom is 0.334 e. The lowest BCUT2D eigenvalue weighted by atomic mass is 9.77. The van der Waals surface area contributed by atoms with Gasteiger partial charge in [-0.2, -0.15) is 5.10 Å². The molecule has 0 aromatic heterocycles. The van der Waals surface area contributed by atoms with Crippen LogP contribution in [-0.2, 0) is 9.53 Å². The maximum atomic E-state index is 13.5. The van der Waals surface area contributed by atoms with Crippen molar-refractivity contribution in [3.05, 3.63) is 64.9 Å². The smallest absolute Gasteiger partial charge is 0.334 e. The van der Waals surface area contributed by atoms with Gasteiger partial charge in [0.15, 0.2) is 5.54 Å². The van der Waals surface area contributed by atoms with Crippen LogP contribution < -0.4 is 5.01 Å². The van der Waals surface area contributed by atoms with Crippen molar-refractivity contribution in [1.82, 2.24) is 0 Å². The minimum atomic E-state index is -1.01. The van der Waals surface area contributed by atoms with E-state index in [1.54, 1.807) is 29.3 Å². The van der Waals surface area contributed by atoms with Crippen LogP contribution in [0.15, 0.2) is 53.6 Å². The summed E-state index contributed by atoms with van der Waals surface area (Å²) in [6, 6.07) is 13.4. The normalized spacial score (nSPS) is 21.5. The number of benzene rings is 2. The first-order chi connectivity index (χ1) is 13.4. The van der Waals surface area contributed by atoms with Crippen LogP contribution in [0.1, 0.15) is 38.7 Å². The number of unbranched alkanes of at least 4 members (excludes halogenated alkanes) is 1. The molecule has 1 heterocycles. The number of hydrazone groups is 1. The molecule has 0 aliphatic carbocycles. The van der Waals surface area contributed by atoms with Gasteiger partial charge in [-0.1, -0.05) is 43.5 Å². The van der Waals surface area contributed by atoms with Crippen molar-refractivity contribution in [2.45, 2.75) is 38.6 Å². The molecule has 0 fully saturated rings. The van der Waals surface area contributed by atoms with Gasteiger partial charge in [-0.05, 0) is 55.3 Å². The second-order valence-corrected chi connectivity index (χ2v) is 7.55. The number of nitrogens with zero attached hydrogens (tertiary/aromatic N) is 2. The molecule has 0 spiro atoms. The Kier molecular flexibility index (Phi) is 6.04. The Bertz CT molecular complexity index is 867. The quantitative estimate of drug-likeness (QED) is 0.604. The van der Waals surface area contributed by atoms with Crippen LogP contribution >= 0.6 is 11.6 Å². The Hall–Kier alpha value is -2.40. The van der Waals surface area contributed by atoms with Crippen molar-refractivity contribution in [2.24, 2.45) is 11.0 Å². The van der Waals surface area contributed by atoms with E-state index in [0.717, 1.165) is 36.2 Å². The standard InChI is InChI=1S/C22H24ClFN2O2/c1-4-5-6-19-20(15-7-11-17(24)12-8-15)25-26(22(19,2)21(27)28-3)18-13-9-16(23)10-14-18/h7-14,19H,4-6H2,1-3H3. The molecule has 0 N–H and O–H groups in total. The third-order valence-electron chi connectivity index (χ3n) is 5.31. The maximum absolute atomic E-state index is 13.5. The lowest BCUT2D eigenvalue weighted by Crippen LogP contribution is -2.53. The molecule has 0 saturated heterocycles. The molecule has 0 amide bonds. The molecule has 4 nitrogen and oxygen atoms in total. The summed E-state index contributed by atoms with van der Waals surface area (Å²) < 4.78 is 18.6. The van der Waals surface area contributed by atoms with Gasteiger partial charge in [0, 0.05) is 10.9 Å². The highest BCUT2D eigenvalue weighted by atomic mass is 35.5. The average Bonchev–Trinajstić information content (AvgIpc) is 3.00. The van der Waals surface area contributed by atoms with Crippen LogP contribution in [0.2, 0.25) is 5.02 Å². The summed E-state index contributed by atoms with van der Waals surface area (Å²) in [5, 5.41) is 7.15. The van der Waals surface area contributed by atoms with Crippen LogP contribution in [0.3, 0.4) is 0 Å². The topological polar surface area (TPSA) is 41.9 Å². The molecule has 2 unspecified atom stereocenters. The molecule has 0 saturated carbocycles. The highest BCUT2D eigenvalue weighted by Gasteiger charge is 2.54. The average molecular weight is 403 g/mol. The zero-order valence-electron chi connectivity index (χ0n) is 16.3. The van der Waals surface area contributed by atoms with Crippen molar-refractivity contribution >= 4 is 29.0 Å². The fourth-order valence-corrected chi connectivity index (χ4v) is 3.87. The molecule has 2 aromatic rings. The minimum Gasteiger partial charge on any atom is -0.467 e. The van der Waals surface area contributed by atoms with Crippen molar-refractivity contribution < 1.29 is 13.9 Å². The summed E-state index contributed by atoms with van der Waals surface area (Å²) in [6.07, 6.45) is 2.69. The van der Waals surface area contributed by atoms with E-state index in [1.807, 2.05) is 19.1 Å². The van der Waals surface area contributed by atoms with Gasteiger partial charge in [0.05, 0.1) is 18.5 Å². The summed E-state index contributed by atoms with van der Waals surface area (Å²) in [5.74, 6) is -0.858. The fourth-order valence-electron chi connectivity index (χ4n) is 3.74. The van der Waals surface area contributed by atoms with Gasteiger partial charge in [-0.25, -0.2) is 14.2 Å². The number of esters is 1. The number of carbonyl (C=O) groups excluding carboxylic acids is 1. The zero-order chi connectivity index (χ0) is 20.3. The van der Waals surface area contributed by atoms with Crippen LogP contribution in [0, 0.1) is 11.7 Å². The molecule has 0 radical (unpaired) electrons. The number of rotatable bonds is 6. The van der Waals surface area contributed by atoms with Gasteiger partial charge in [0.1, 0.15) is 5.82 Å². The zero-order valence-corrected chi connectivity index (χ0v) is 17.0. The predicted molar refractivity (Wildman–Crippen MR) is 110 cm³/mol. The van der Waals surface area contributed by atoms with Crippen LogP contribution in [0.4, 0.5) is 10.1 Å². The van der Waals surface area contributed by atoms with Crippen molar-refractivity contribution in [1.29, 1.82) is 0 Å². The molecule has 2 atom stereocenters. The van der Waals surface area contributed by atoms with E-state index in [4.69, 9.17) is 21.4 Å². The number of hydrogen-bond acceptors (Lipinski definition) is 4. The number of anilines is 1. The Morgan fingerprint density at radius 3 is 2.43 bits per heavy atom. The molecule has 6 heteroatoms. The molecular formula is C22H24ClFN2O2. The third kappa shape index (κ3) is 3.63. The first-order valence-electron chi connectivity index (χ1n) is 9.40. The summed E-state index contributed by atoms with van der Waals surface area (Å²) in [4.78, 5) is 13.0. The van der Waals surface area contributed by atoms with Gasteiger partial charge in [-0.3, -0.25) is 0 Å². The molecule has 1 aliphatic rings. The van der Waals surface area contributed by atoms with E-state index in [1.165, 1.54) is 19.2 Å². The summed E-state index contributed by atoms with van der Waals surface area (Å²) in [5.41, 5.74) is 1.29. The second kappa shape index (κ2) is 8.31. The Balaban J connectivity index is 2.14. The lowest BCUT2D eigenvalue weighted by molar-refractivity contribution is -0.147. The van der Waals surface area contributed by atoms with Crippen molar-refractivity contribution in [3.63, 3.8) is 0 Å². The Labute approximate surface area is 170 Å². The van der Waals surface area contributed by atoms with Crippen LogP contribution in [0.25, 0.3) is 0 Å². The first-order valence-corrected chi connectivity index (χ1v) is 9.78. The number of methoxy groups -OCH3 is 1. The molecular weight excluding hydrogens is 379 g/mol. The third-order valence-corrected chi connectivity index (χ3v) is 5.56. The van der Waals surface area contributed by atoms with Gasteiger partial charge >= 0.3 is 5.97 Å². The highest BCUT2D eigenvalue weighted by Crippen LogP contribution is 2.42. The van der Waals surface area contributed by atoms with Gasteiger partial charge in [0.25, 0.3) is 0 Å². The largest absolute Gasteiger partial charge is 0.467 e.